The van der Waals surface area contributed by atoms with Gasteiger partial charge in [0.25, 0.3) is 0 Å². The number of aromatic nitrogens is 3. The second kappa shape index (κ2) is 20.8. The Kier molecular flexibility index (Phi) is 16.6. The molecule has 0 atom stereocenters. The molecule has 6 heterocycles. The van der Waals surface area contributed by atoms with Gasteiger partial charge in [0.05, 0.1) is 0 Å². The largest absolute Gasteiger partial charge is 0.444 e. The lowest BCUT2D eigenvalue weighted by atomic mass is 10.1. The average molecular weight is 871 g/mol. The van der Waals surface area contributed by atoms with Gasteiger partial charge in [-0.15, -0.1) is 0 Å². The summed E-state index contributed by atoms with van der Waals surface area (Å²) in [5.74, 6) is 0. The Morgan fingerprint density at radius 3 is 1.45 bits per heavy atom. The molecule has 13 nitrogen and oxygen atoms in total. The van der Waals surface area contributed by atoms with Crippen molar-refractivity contribution in [1.82, 2.24) is 29.7 Å². The molecule has 0 unspecified atom stereocenters. The molecule has 3 aliphatic heterocycles. The van der Waals surface area contributed by atoms with Gasteiger partial charge in [-0.2, -0.15) is 13.2 Å². The number of alkyl halides is 3. The van der Waals surface area contributed by atoms with Crippen LogP contribution in [0.3, 0.4) is 0 Å². The number of hydrogen-bond acceptors (Lipinski definition) is 9. The van der Waals surface area contributed by atoms with Crippen LogP contribution < -0.4 is 5.56 Å². The summed E-state index contributed by atoms with van der Waals surface area (Å²) in [5, 5.41) is 0. The fraction of sp³-hybridized carbons (Fsp3) is 0.609. The van der Waals surface area contributed by atoms with E-state index in [0.29, 0.717) is 64.2 Å². The molecule has 3 aliphatic rings. The van der Waals surface area contributed by atoms with Crippen molar-refractivity contribution in [3.8, 4) is 0 Å². The number of hydrogen-bond donors (Lipinski definition) is 1. The third kappa shape index (κ3) is 17.0. The van der Waals surface area contributed by atoms with Crippen molar-refractivity contribution >= 4 is 18.3 Å². The highest BCUT2D eigenvalue weighted by molar-refractivity contribution is 5.69. The Bertz CT molecular complexity index is 2070. The summed E-state index contributed by atoms with van der Waals surface area (Å²) in [4.78, 5) is 64.4. The molecule has 0 aliphatic carbocycles. The molecular formula is C46H65F3N6O7. The summed E-state index contributed by atoms with van der Waals surface area (Å²) in [6, 6.07) is 11.0. The molecule has 0 saturated carbocycles. The summed E-state index contributed by atoms with van der Waals surface area (Å²) in [6.45, 7) is 22.2. The van der Waals surface area contributed by atoms with Gasteiger partial charge >= 0.3 is 24.5 Å². The number of halogens is 3. The van der Waals surface area contributed by atoms with Crippen molar-refractivity contribution in [2.75, 3.05) is 39.3 Å². The standard InChI is InChI=1S/C17H23F3N2O2.C15H22N2O2.C14H20N2O3/c1-16(2,3)24-15(23)22-10-7-12-4-5-13(6-9-17(18,19)20)21-14(12)8-11-22;1-11-5-6-12-7-9-17(10-8-13(12)16-11)14(18)19-15(2,3)4;1-14(2,3)19-13(18)16-8-6-10-4-5-12(17)15-11(10)7-9-16/h4-5H,6-11H2,1-3H3;5-6H,7-10H2,1-4H3;4-5H,6-9H2,1-3H3,(H,15,17). The number of fused-ring (bicyclic) bond motifs is 3. The van der Waals surface area contributed by atoms with Gasteiger partial charge in [-0.3, -0.25) is 14.8 Å². The molecule has 0 bridgehead atoms. The normalized spacial score (nSPS) is 15.7. The number of aromatic amines is 1. The van der Waals surface area contributed by atoms with Crippen molar-refractivity contribution in [3.63, 3.8) is 0 Å². The van der Waals surface area contributed by atoms with Crippen molar-refractivity contribution < 1.29 is 41.8 Å². The number of nitrogens with zero attached hydrogens (tertiary/aromatic N) is 5. The lowest BCUT2D eigenvalue weighted by Crippen LogP contribution is -2.38. The molecule has 3 amide bonds. The summed E-state index contributed by atoms with van der Waals surface area (Å²) in [7, 11) is 0. The summed E-state index contributed by atoms with van der Waals surface area (Å²) < 4.78 is 53.2. The first-order chi connectivity index (χ1) is 28.7. The van der Waals surface area contributed by atoms with Gasteiger partial charge in [0.1, 0.15) is 16.8 Å². The Labute approximate surface area is 363 Å². The van der Waals surface area contributed by atoms with Crippen LogP contribution in [-0.2, 0) is 59.2 Å². The maximum atomic E-state index is 12.3. The van der Waals surface area contributed by atoms with Crippen LogP contribution in [-0.4, -0.2) is 110 Å². The molecule has 0 fully saturated rings. The first-order valence-electron chi connectivity index (χ1n) is 21.4. The van der Waals surface area contributed by atoms with E-state index in [2.05, 4.69) is 21.0 Å². The van der Waals surface area contributed by atoms with Crippen LogP contribution in [0.25, 0.3) is 0 Å². The Balaban J connectivity index is 0.000000206. The van der Waals surface area contributed by atoms with Crippen molar-refractivity contribution in [2.45, 2.75) is 144 Å². The molecule has 3 aromatic rings. The number of H-pyrrole nitrogens is 1. The van der Waals surface area contributed by atoms with Gasteiger partial charge < -0.3 is 33.9 Å². The van der Waals surface area contributed by atoms with Crippen LogP contribution in [0.5, 0.6) is 0 Å². The zero-order valence-corrected chi connectivity index (χ0v) is 38.1. The first kappa shape index (κ1) is 49.5. The first-order valence-corrected chi connectivity index (χ1v) is 21.4. The van der Waals surface area contributed by atoms with E-state index in [1.165, 1.54) is 11.6 Å². The van der Waals surface area contributed by atoms with Crippen LogP contribution in [0.15, 0.2) is 41.2 Å². The molecule has 3 aromatic heterocycles. The number of amides is 3. The minimum Gasteiger partial charge on any atom is -0.444 e. The SMILES string of the molecule is CC(C)(C)OC(=O)N1CCc2ccc(=O)[nH]c2CC1.CC(C)(C)OC(=O)N1CCc2ccc(CCC(F)(F)F)nc2CC1.Cc1ccc2c(n1)CCN(C(=O)OC(C)(C)C)CC2. The van der Waals surface area contributed by atoms with E-state index < -0.39 is 29.4 Å². The highest BCUT2D eigenvalue weighted by Crippen LogP contribution is 2.24. The van der Waals surface area contributed by atoms with E-state index in [0.717, 1.165) is 53.2 Å². The van der Waals surface area contributed by atoms with E-state index in [-0.39, 0.29) is 30.3 Å². The summed E-state index contributed by atoms with van der Waals surface area (Å²) in [6.07, 6.45) is -1.85. The molecule has 62 heavy (non-hydrogen) atoms. The molecule has 342 valence electrons. The maximum absolute atomic E-state index is 12.3. The Morgan fingerprint density at radius 2 is 0.984 bits per heavy atom. The molecule has 0 spiro atoms. The highest BCUT2D eigenvalue weighted by atomic mass is 19.4. The smallest absolute Gasteiger partial charge is 0.410 e. The number of rotatable bonds is 2. The van der Waals surface area contributed by atoms with E-state index in [9.17, 15) is 32.3 Å². The number of nitrogens with one attached hydrogen (secondary N) is 1. The number of ether oxygens (including phenoxy) is 3. The summed E-state index contributed by atoms with van der Waals surface area (Å²) in [5.41, 5.74) is 6.06. The van der Waals surface area contributed by atoms with Gasteiger partial charge in [-0.1, -0.05) is 18.2 Å². The summed E-state index contributed by atoms with van der Waals surface area (Å²) >= 11 is 0. The Morgan fingerprint density at radius 1 is 0.581 bits per heavy atom. The monoisotopic (exact) mass is 870 g/mol. The topological polar surface area (TPSA) is 147 Å². The number of pyridine rings is 3. The quantitative estimate of drug-likeness (QED) is 0.251. The molecule has 0 saturated heterocycles. The zero-order valence-electron chi connectivity index (χ0n) is 38.1. The van der Waals surface area contributed by atoms with Gasteiger partial charge in [-0.25, -0.2) is 14.4 Å². The van der Waals surface area contributed by atoms with Gasteiger partial charge in [0.2, 0.25) is 5.56 Å². The predicted molar refractivity (Wildman–Crippen MR) is 230 cm³/mol. The molecule has 0 radical (unpaired) electrons. The number of aryl methyl sites for hydroxylation is 2. The van der Waals surface area contributed by atoms with Crippen molar-refractivity contribution in [2.24, 2.45) is 0 Å². The molecule has 0 aromatic carbocycles. The van der Waals surface area contributed by atoms with E-state index in [1.54, 1.807) is 20.8 Å². The predicted octanol–water partition coefficient (Wildman–Crippen LogP) is 8.35. The number of carbonyl (C=O) groups is 3. The second-order valence-electron chi connectivity index (χ2n) is 18.8. The minimum absolute atomic E-state index is 0.0931. The Hall–Kier alpha value is -5.15. The van der Waals surface area contributed by atoms with Crippen molar-refractivity contribution in [1.29, 1.82) is 0 Å². The van der Waals surface area contributed by atoms with Crippen LogP contribution in [0.1, 0.15) is 114 Å². The molecule has 6 rings (SSSR count). The van der Waals surface area contributed by atoms with Crippen LogP contribution in [0.4, 0.5) is 27.6 Å². The van der Waals surface area contributed by atoms with Crippen LogP contribution in [0.2, 0.25) is 0 Å². The van der Waals surface area contributed by atoms with E-state index in [1.807, 2.05) is 87.4 Å². The maximum Gasteiger partial charge on any atom is 0.410 e. The minimum atomic E-state index is -4.18. The zero-order chi connectivity index (χ0) is 46.0. The molecular weight excluding hydrogens is 806 g/mol. The van der Waals surface area contributed by atoms with Crippen LogP contribution in [0, 0.1) is 6.92 Å². The van der Waals surface area contributed by atoms with Gasteiger partial charge in [-0.05, 0) is 124 Å². The fourth-order valence-electron chi connectivity index (χ4n) is 6.87. The number of carbonyl (C=O) groups excluding carboxylic acids is 3. The lowest BCUT2D eigenvalue weighted by Gasteiger charge is -2.26. The third-order valence-electron chi connectivity index (χ3n) is 9.87. The molecule has 1 N–H and O–H groups in total. The van der Waals surface area contributed by atoms with E-state index in [4.69, 9.17) is 14.2 Å². The van der Waals surface area contributed by atoms with Gasteiger partial charge in [0, 0.05) is 99.5 Å². The van der Waals surface area contributed by atoms with E-state index >= 15 is 0 Å². The highest BCUT2D eigenvalue weighted by Gasteiger charge is 2.29. The third-order valence-corrected chi connectivity index (χ3v) is 9.87. The average Bonchev–Trinajstić information content (AvgIpc) is 3.59. The fourth-order valence-corrected chi connectivity index (χ4v) is 6.87. The van der Waals surface area contributed by atoms with Crippen molar-refractivity contribution in [3.05, 3.63) is 91.9 Å². The second-order valence-corrected chi connectivity index (χ2v) is 18.8. The van der Waals surface area contributed by atoms with Crippen LogP contribution >= 0.6 is 0 Å². The molecule has 16 heteroatoms. The van der Waals surface area contributed by atoms with Gasteiger partial charge in [0.15, 0.2) is 0 Å². The lowest BCUT2D eigenvalue weighted by molar-refractivity contribution is -0.134.